The number of ether oxygens (including phenoxy) is 1. The van der Waals surface area contributed by atoms with E-state index in [1.807, 2.05) is 0 Å². The molecule has 0 aliphatic carbocycles. The smallest absolute Gasteiger partial charge is 0.246 e. The zero-order valence-corrected chi connectivity index (χ0v) is 8.21. The molecule has 0 saturated carbocycles. The third kappa shape index (κ3) is 2.41. The van der Waals surface area contributed by atoms with Crippen LogP contribution in [0.25, 0.3) is 0 Å². The molecule has 2 nitrogen and oxygen atoms in total. The summed E-state index contributed by atoms with van der Waals surface area (Å²) in [7, 11) is 1.24. The summed E-state index contributed by atoms with van der Waals surface area (Å²) < 4.78 is 43.1. The van der Waals surface area contributed by atoms with Gasteiger partial charge < -0.3 is 10.5 Å². The number of nitrogens with two attached hydrogens (primary N) is 1. The highest BCUT2D eigenvalue weighted by molar-refractivity contribution is 5.38. The lowest BCUT2D eigenvalue weighted by atomic mass is 9.98. The molecule has 1 rings (SSSR count). The van der Waals surface area contributed by atoms with Gasteiger partial charge in [-0.05, 0) is 6.07 Å². The standard InChI is InChI=1S/C10H12F3NO/c1-15-9-6(3-2-4-8(9)11)7(5-14)10(12)13/h2-4,7,10H,5,14H2,1H3. The van der Waals surface area contributed by atoms with Crippen molar-refractivity contribution in [2.75, 3.05) is 13.7 Å². The van der Waals surface area contributed by atoms with Crippen LogP contribution in [0.4, 0.5) is 13.2 Å². The molecular weight excluding hydrogens is 207 g/mol. The van der Waals surface area contributed by atoms with Crippen molar-refractivity contribution in [2.24, 2.45) is 5.73 Å². The predicted octanol–water partition coefficient (Wildman–Crippen LogP) is 2.14. The van der Waals surface area contributed by atoms with Gasteiger partial charge in [-0.25, -0.2) is 13.2 Å². The van der Waals surface area contributed by atoms with Crippen molar-refractivity contribution in [3.63, 3.8) is 0 Å². The van der Waals surface area contributed by atoms with E-state index >= 15 is 0 Å². The topological polar surface area (TPSA) is 35.2 Å². The molecule has 5 heteroatoms. The van der Waals surface area contributed by atoms with Crippen molar-refractivity contribution in [1.82, 2.24) is 0 Å². The molecule has 15 heavy (non-hydrogen) atoms. The maximum Gasteiger partial charge on any atom is 0.246 e. The average Bonchev–Trinajstić information content (AvgIpc) is 2.18. The summed E-state index contributed by atoms with van der Waals surface area (Å²) in [6.45, 7) is -0.252. The van der Waals surface area contributed by atoms with Gasteiger partial charge in [-0.3, -0.25) is 0 Å². The average molecular weight is 219 g/mol. The van der Waals surface area contributed by atoms with Gasteiger partial charge in [0.05, 0.1) is 13.0 Å². The highest BCUT2D eigenvalue weighted by Crippen LogP contribution is 2.32. The van der Waals surface area contributed by atoms with Gasteiger partial charge in [-0.15, -0.1) is 0 Å². The molecule has 0 aliphatic rings. The second-order valence-electron chi connectivity index (χ2n) is 3.04. The van der Waals surface area contributed by atoms with Crippen molar-refractivity contribution in [1.29, 1.82) is 0 Å². The first kappa shape index (κ1) is 11.8. The molecule has 0 radical (unpaired) electrons. The number of hydrogen-bond acceptors (Lipinski definition) is 2. The van der Waals surface area contributed by atoms with Gasteiger partial charge in [0.25, 0.3) is 0 Å². The summed E-state index contributed by atoms with van der Waals surface area (Å²) in [6.07, 6.45) is -2.63. The fourth-order valence-electron chi connectivity index (χ4n) is 1.40. The Morgan fingerprint density at radius 2 is 2.07 bits per heavy atom. The maximum atomic E-state index is 13.2. The van der Waals surface area contributed by atoms with Gasteiger partial charge in [-0.1, -0.05) is 12.1 Å². The fourth-order valence-corrected chi connectivity index (χ4v) is 1.40. The first-order chi connectivity index (χ1) is 7.11. The lowest BCUT2D eigenvalue weighted by molar-refractivity contribution is 0.115. The van der Waals surface area contributed by atoms with Crippen LogP contribution in [0.5, 0.6) is 5.75 Å². The van der Waals surface area contributed by atoms with Crippen LogP contribution in [-0.2, 0) is 0 Å². The van der Waals surface area contributed by atoms with Crippen LogP contribution in [0.1, 0.15) is 11.5 Å². The van der Waals surface area contributed by atoms with Crippen LogP contribution < -0.4 is 10.5 Å². The van der Waals surface area contributed by atoms with E-state index in [-0.39, 0.29) is 17.9 Å². The van der Waals surface area contributed by atoms with Crippen LogP contribution >= 0.6 is 0 Å². The Bertz CT molecular complexity index is 330. The Hall–Kier alpha value is -1.23. The van der Waals surface area contributed by atoms with Crippen molar-refractivity contribution in [3.05, 3.63) is 29.6 Å². The van der Waals surface area contributed by atoms with Crippen molar-refractivity contribution in [2.45, 2.75) is 12.3 Å². The van der Waals surface area contributed by atoms with E-state index in [0.717, 1.165) is 6.07 Å². The molecule has 1 aromatic carbocycles. The van der Waals surface area contributed by atoms with Gasteiger partial charge in [0.2, 0.25) is 6.43 Å². The Morgan fingerprint density at radius 3 is 2.53 bits per heavy atom. The van der Waals surface area contributed by atoms with Crippen molar-refractivity contribution in [3.8, 4) is 5.75 Å². The van der Waals surface area contributed by atoms with Gasteiger partial charge in [0, 0.05) is 12.1 Å². The van der Waals surface area contributed by atoms with E-state index < -0.39 is 18.2 Å². The van der Waals surface area contributed by atoms with Crippen LogP contribution in [0.2, 0.25) is 0 Å². The van der Waals surface area contributed by atoms with Crippen LogP contribution in [0.15, 0.2) is 18.2 Å². The van der Waals surface area contributed by atoms with E-state index in [4.69, 9.17) is 10.5 Å². The molecule has 0 aromatic heterocycles. The highest BCUT2D eigenvalue weighted by Gasteiger charge is 2.25. The van der Waals surface area contributed by atoms with Crippen LogP contribution in [-0.4, -0.2) is 20.1 Å². The lowest BCUT2D eigenvalue weighted by Crippen LogP contribution is -2.20. The fraction of sp³-hybridized carbons (Fsp3) is 0.400. The van der Waals surface area contributed by atoms with Gasteiger partial charge in [-0.2, -0.15) is 0 Å². The lowest BCUT2D eigenvalue weighted by Gasteiger charge is -2.17. The molecule has 0 amide bonds. The number of alkyl halides is 2. The first-order valence-corrected chi connectivity index (χ1v) is 4.42. The first-order valence-electron chi connectivity index (χ1n) is 4.42. The molecule has 0 fully saturated rings. The normalized spacial score (nSPS) is 12.9. The molecule has 0 saturated heterocycles. The van der Waals surface area contributed by atoms with E-state index in [9.17, 15) is 13.2 Å². The third-order valence-electron chi connectivity index (χ3n) is 2.16. The minimum absolute atomic E-state index is 0.106. The Labute approximate surface area is 85.8 Å². The molecule has 1 atom stereocenters. The zero-order valence-electron chi connectivity index (χ0n) is 8.21. The third-order valence-corrected chi connectivity index (χ3v) is 2.16. The van der Waals surface area contributed by atoms with E-state index in [1.54, 1.807) is 0 Å². The maximum absolute atomic E-state index is 13.2. The molecule has 0 bridgehead atoms. The number of hydrogen-bond donors (Lipinski definition) is 1. The summed E-state index contributed by atoms with van der Waals surface area (Å²) in [5, 5.41) is 0. The van der Waals surface area contributed by atoms with E-state index in [1.165, 1.54) is 19.2 Å². The van der Waals surface area contributed by atoms with Gasteiger partial charge >= 0.3 is 0 Å². The molecule has 84 valence electrons. The summed E-state index contributed by atoms with van der Waals surface area (Å²) in [5.74, 6) is -2.02. The number of rotatable bonds is 4. The second-order valence-corrected chi connectivity index (χ2v) is 3.04. The monoisotopic (exact) mass is 219 g/mol. The molecule has 2 N–H and O–H groups in total. The SMILES string of the molecule is COc1c(F)cccc1C(CN)C(F)F. The molecule has 1 unspecified atom stereocenters. The number of halogens is 3. The quantitative estimate of drug-likeness (QED) is 0.842. The second kappa shape index (κ2) is 5.02. The van der Waals surface area contributed by atoms with Gasteiger partial charge in [0.15, 0.2) is 11.6 Å². The number of methoxy groups -OCH3 is 1. The van der Waals surface area contributed by atoms with E-state index in [2.05, 4.69) is 0 Å². The highest BCUT2D eigenvalue weighted by atomic mass is 19.3. The Morgan fingerprint density at radius 1 is 1.40 bits per heavy atom. The largest absolute Gasteiger partial charge is 0.493 e. The molecule has 0 spiro atoms. The molecule has 0 aliphatic heterocycles. The minimum Gasteiger partial charge on any atom is -0.493 e. The van der Waals surface area contributed by atoms with Gasteiger partial charge in [0.1, 0.15) is 0 Å². The predicted molar refractivity (Wildman–Crippen MR) is 50.8 cm³/mol. The summed E-state index contributed by atoms with van der Waals surface area (Å²) in [6, 6.07) is 3.91. The Kier molecular flexibility index (Phi) is 3.96. The van der Waals surface area contributed by atoms with Crippen molar-refractivity contribution >= 4 is 0 Å². The number of para-hydroxylation sites is 1. The summed E-state index contributed by atoms with van der Waals surface area (Å²) in [5.41, 5.74) is 5.33. The summed E-state index contributed by atoms with van der Waals surface area (Å²) >= 11 is 0. The molecular formula is C10H12F3NO. The van der Waals surface area contributed by atoms with Crippen LogP contribution in [0, 0.1) is 5.82 Å². The Balaban J connectivity index is 3.16. The van der Waals surface area contributed by atoms with Crippen molar-refractivity contribution < 1.29 is 17.9 Å². The zero-order chi connectivity index (χ0) is 11.4. The van der Waals surface area contributed by atoms with E-state index in [0.29, 0.717) is 0 Å². The number of benzene rings is 1. The van der Waals surface area contributed by atoms with Crippen LogP contribution in [0.3, 0.4) is 0 Å². The molecule has 1 aromatic rings. The molecule has 0 heterocycles. The minimum atomic E-state index is -2.63. The summed E-state index contributed by atoms with van der Waals surface area (Å²) in [4.78, 5) is 0.